The van der Waals surface area contributed by atoms with Crippen LogP contribution in [0, 0.1) is 5.92 Å². The summed E-state index contributed by atoms with van der Waals surface area (Å²) in [6.07, 6.45) is 0.977. The van der Waals surface area contributed by atoms with E-state index in [-0.39, 0.29) is 6.10 Å². The molecule has 3 atom stereocenters. The van der Waals surface area contributed by atoms with E-state index >= 15 is 0 Å². The minimum Gasteiger partial charge on any atom is -0.392 e. The number of rotatable bonds is 3. The maximum absolute atomic E-state index is 9.93. The Kier molecular flexibility index (Phi) is 4.79. The van der Waals surface area contributed by atoms with E-state index in [0.29, 0.717) is 12.0 Å². The van der Waals surface area contributed by atoms with Crippen LogP contribution in [-0.4, -0.2) is 73.0 Å². The molecule has 0 spiro atoms. The van der Waals surface area contributed by atoms with Crippen LogP contribution in [0.1, 0.15) is 20.3 Å². The van der Waals surface area contributed by atoms with E-state index in [1.807, 2.05) is 0 Å². The van der Waals surface area contributed by atoms with Crippen molar-refractivity contribution in [3.8, 4) is 0 Å². The molecule has 0 amide bonds. The second-order valence-electron chi connectivity index (χ2n) is 5.59. The van der Waals surface area contributed by atoms with Gasteiger partial charge < -0.3 is 9.84 Å². The van der Waals surface area contributed by atoms with Crippen LogP contribution in [-0.2, 0) is 4.74 Å². The van der Waals surface area contributed by atoms with Crippen molar-refractivity contribution in [3.05, 3.63) is 0 Å². The molecule has 2 saturated heterocycles. The Morgan fingerprint density at radius 3 is 2.65 bits per heavy atom. The van der Waals surface area contributed by atoms with Crippen LogP contribution < -0.4 is 0 Å². The number of ether oxygens (including phenoxy) is 1. The van der Waals surface area contributed by atoms with E-state index in [1.54, 1.807) is 0 Å². The van der Waals surface area contributed by atoms with Crippen molar-refractivity contribution in [2.45, 2.75) is 32.4 Å². The second kappa shape index (κ2) is 6.14. The highest BCUT2D eigenvalue weighted by Gasteiger charge is 2.28. The number of morpholine rings is 1. The predicted molar refractivity (Wildman–Crippen MR) is 68.1 cm³/mol. The average molecular weight is 242 g/mol. The molecule has 2 aliphatic rings. The van der Waals surface area contributed by atoms with Gasteiger partial charge in [0.25, 0.3) is 0 Å². The fourth-order valence-electron chi connectivity index (χ4n) is 2.75. The summed E-state index contributed by atoms with van der Waals surface area (Å²) in [5.74, 6) is 0.460. The monoisotopic (exact) mass is 242 g/mol. The van der Waals surface area contributed by atoms with E-state index in [9.17, 15) is 5.11 Å². The first-order chi connectivity index (χ1) is 8.16. The smallest absolute Gasteiger partial charge is 0.0693 e. The third kappa shape index (κ3) is 3.65. The van der Waals surface area contributed by atoms with E-state index in [4.69, 9.17) is 4.74 Å². The lowest BCUT2D eigenvalue weighted by Crippen LogP contribution is -2.51. The molecule has 0 radical (unpaired) electrons. The molecule has 3 unspecified atom stereocenters. The van der Waals surface area contributed by atoms with Crippen molar-refractivity contribution < 1.29 is 9.84 Å². The lowest BCUT2D eigenvalue weighted by Gasteiger charge is -2.40. The summed E-state index contributed by atoms with van der Waals surface area (Å²) < 4.78 is 5.36. The molecule has 4 heteroatoms. The zero-order valence-electron chi connectivity index (χ0n) is 11.1. The summed E-state index contributed by atoms with van der Waals surface area (Å²) in [4.78, 5) is 4.90. The molecule has 100 valence electrons. The number of aliphatic hydroxyl groups is 1. The fraction of sp³-hybridized carbons (Fsp3) is 1.00. The maximum atomic E-state index is 9.93. The van der Waals surface area contributed by atoms with Crippen LogP contribution in [0.3, 0.4) is 0 Å². The lowest BCUT2D eigenvalue weighted by atomic mass is 9.95. The summed E-state index contributed by atoms with van der Waals surface area (Å²) in [6.45, 7) is 11.3. The van der Waals surface area contributed by atoms with Crippen molar-refractivity contribution in [2.24, 2.45) is 5.92 Å². The van der Waals surface area contributed by atoms with Crippen molar-refractivity contribution in [1.82, 2.24) is 9.80 Å². The molecule has 0 aliphatic carbocycles. The number of hydrogen-bond donors (Lipinski definition) is 1. The van der Waals surface area contributed by atoms with Gasteiger partial charge in [0.1, 0.15) is 0 Å². The molecule has 1 N–H and O–H groups in total. The van der Waals surface area contributed by atoms with Gasteiger partial charge in [0.05, 0.1) is 19.3 Å². The Morgan fingerprint density at radius 2 is 2.00 bits per heavy atom. The van der Waals surface area contributed by atoms with Crippen LogP contribution in [0.15, 0.2) is 0 Å². The van der Waals surface area contributed by atoms with Gasteiger partial charge in [0.15, 0.2) is 0 Å². The van der Waals surface area contributed by atoms with Crippen molar-refractivity contribution in [3.63, 3.8) is 0 Å². The minimum absolute atomic E-state index is 0.143. The van der Waals surface area contributed by atoms with Crippen LogP contribution in [0.25, 0.3) is 0 Å². The third-order valence-corrected chi connectivity index (χ3v) is 4.20. The van der Waals surface area contributed by atoms with Gasteiger partial charge in [-0.2, -0.15) is 0 Å². The number of β-amino-alcohol motifs (C(OH)–C–C–N with tert-alkyl or cyclic N) is 1. The summed E-state index contributed by atoms with van der Waals surface area (Å²) in [6, 6.07) is 0.537. The Labute approximate surface area is 105 Å². The summed E-state index contributed by atoms with van der Waals surface area (Å²) >= 11 is 0. The zero-order chi connectivity index (χ0) is 12.3. The summed E-state index contributed by atoms with van der Waals surface area (Å²) in [7, 11) is 0. The standard InChI is InChI=1S/C13H26N2O2/c1-11-3-4-15(10-13(11)16)12(2)9-14-5-7-17-8-6-14/h11-13,16H,3-10H2,1-2H3. The first-order valence-corrected chi connectivity index (χ1v) is 6.89. The second-order valence-corrected chi connectivity index (χ2v) is 5.59. The van der Waals surface area contributed by atoms with Crippen LogP contribution in [0.2, 0.25) is 0 Å². The lowest BCUT2D eigenvalue weighted by molar-refractivity contribution is -0.00865. The van der Waals surface area contributed by atoms with Crippen LogP contribution in [0.4, 0.5) is 0 Å². The molecule has 2 aliphatic heterocycles. The quantitative estimate of drug-likeness (QED) is 0.777. The van der Waals surface area contributed by atoms with E-state index in [0.717, 1.165) is 52.4 Å². The van der Waals surface area contributed by atoms with E-state index in [1.165, 1.54) is 0 Å². The van der Waals surface area contributed by atoms with Gasteiger partial charge >= 0.3 is 0 Å². The number of nitrogens with zero attached hydrogens (tertiary/aromatic N) is 2. The maximum Gasteiger partial charge on any atom is 0.0693 e. The number of likely N-dealkylation sites (tertiary alicyclic amines) is 1. The third-order valence-electron chi connectivity index (χ3n) is 4.20. The highest BCUT2D eigenvalue weighted by atomic mass is 16.5. The SMILES string of the molecule is CC1CCN(C(C)CN2CCOCC2)CC1O. The van der Waals surface area contributed by atoms with Gasteiger partial charge in [-0.15, -0.1) is 0 Å². The molecule has 2 fully saturated rings. The largest absolute Gasteiger partial charge is 0.392 e. The van der Waals surface area contributed by atoms with Gasteiger partial charge in [-0.1, -0.05) is 6.92 Å². The van der Waals surface area contributed by atoms with Gasteiger partial charge in [-0.25, -0.2) is 0 Å². The van der Waals surface area contributed by atoms with Crippen molar-refractivity contribution in [1.29, 1.82) is 0 Å². The Hall–Kier alpha value is -0.160. The molecule has 2 rings (SSSR count). The Morgan fingerprint density at radius 1 is 1.29 bits per heavy atom. The van der Waals surface area contributed by atoms with Gasteiger partial charge in [-0.3, -0.25) is 9.80 Å². The molecule has 0 aromatic heterocycles. The Bertz CT molecular complexity index is 231. The van der Waals surface area contributed by atoms with E-state index < -0.39 is 0 Å². The topological polar surface area (TPSA) is 35.9 Å². The number of hydrogen-bond acceptors (Lipinski definition) is 4. The molecular weight excluding hydrogens is 216 g/mol. The first-order valence-electron chi connectivity index (χ1n) is 6.89. The molecule has 2 heterocycles. The van der Waals surface area contributed by atoms with E-state index in [2.05, 4.69) is 23.6 Å². The predicted octanol–water partition coefficient (Wildman–Crippen LogP) is 0.410. The average Bonchev–Trinajstić information content (AvgIpc) is 2.34. The van der Waals surface area contributed by atoms with Crippen molar-refractivity contribution >= 4 is 0 Å². The first kappa shape index (κ1) is 13.3. The van der Waals surface area contributed by atoms with Gasteiger partial charge in [0.2, 0.25) is 0 Å². The molecule has 0 aromatic rings. The molecule has 17 heavy (non-hydrogen) atoms. The molecule has 0 bridgehead atoms. The number of piperidine rings is 1. The van der Waals surface area contributed by atoms with Crippen LogP contribution >= 0.6 is 0 Å². The summed E-state index contributed by atoms with van der Waals surface area (Å²) in [5.41, 5.74) is 0. The zero-order valence-corrected chi connectivity index (χ0v) is 11.1. The van der Waals surface area contributed by atoms with Crippen LogP contribution in [0.5, 0.6) is 0 Å². The molecular formula is C13H26N2O2. The molecule has 0 saturated carbocycles. The highest BCUT2D eigenvalue weighted by Crippen LogP contribution is 2.19. The van der Waals surface area contributed by atoms with Gasteiger partial charge in [-0.05, 0) is 25.8 Å². The minimum atomic E-state index is -0.143. The normalized spacial score (nSPS) is 34.8. The summed E-state index contributed by atoms with van der Waals surface area (Å²) in [5, 5.41) is 9.93. The number of aliphatic hydroxyl groups excluding tert-OH is 1. The Balaban J connectivity index is 1.77. The highest BCUT2D eigenvalue weighted by molar-refractivity contribution is 4.82. The van der Waals surface area contributed by atoms with Gasteiger partial charge in [0, 0.05) is 32.2 Å². The molecule has 4 nitrogen and oxygen atoms in total. The van der Waals surface area contributed by atoms with Crippen molar-refractivity contribution in [2.75, 3.05) is 45.9 Å². The molecule has 0 aromatic carbocycles. The fourth-order valence-corrected chi connectivity index (χ4v) is 2.75.